The molecule has 2 aromatic carbocycles. The Hall–Kier alpha value is -2.73. The molecule has 1 aromatic heterocycles. The third-order valence-electron chi connectivity index (χ3n) is 4.79. The van der Waals surface area contributed by atoms with Crippen LogP contribution >= 0.6 is 15.9 Å². The molecule has 4 nitrogen and oxygen atoms in total. The van der Waals surface area contributed by atoms with Crippen LogP contribution in [-0.2, 0) is 11.3 Å². The highest BCUT2D eigenvalue weighted by molar-refractivity contribution is 9.10. The van der Waals surface area contributed by atoms with Gasteiger partial charge in [0.2, 0.25) is 11.7 Å². The van der Waals surface area contributed by atoms with Crippen LogP contribution in [0.1, 0.15) is 34.1 Å². The molecule has 1 N–H and O–H groups in total. The van der Waals surface area contributed by atoms with Crippen molar-refractivity contribution in [2.45, 2.75) is 18.9 Å². The van der Waals surface area contributed by atoms with Crippen molar-refractivity contribution >= 4 is 33.3 Å². The van der Waals surface area contributed by atoms with E-state index >= 15 is 0 Å². The second-order valence-electron chi connectivity index (χ2n) is 6.44. The van der Waals surface area contributed by atoms with Gasteiger partial charge in [-0.1, -0.05) is 30.3 Å². The van der Waals surface area contributed by atoms with Crippen LogP contribution < -0.4 is 5.32 Å². The molecule has 136 valence electrons. The number of amides is 1. The standard InChI is InChI=1S/C21H16BrFN2O2/c22-16-12-14(23)6-7-17(16)24-21(27)15-10-11-25-18(15)8-9-19(25)20(26)13-4-2-1-3-5-13/h1-9,12,15H,10-11H2,(H,24,27). The van der Waals surface area contributed by atoms with Crippen LogP contribution in [0.4, 0.5) is 10.1 Å². The number of ketones is 1. The minimum absolute atomic E-state index is 0.0517. The monoisotopic (exact) mass is 426 g/mol. The average Bonchev–Trinajstić information content (AvgIpc) is 3.26. The Kier molecular flexibility index (Phi) is 4.66. The largest absolute Gasteiger partial charge is 0.341 e. The summed E-state index contributed by atoms with van der Waals surface area (Å²) in [4.78, 5) is 25.5. The number of rotatable bonds is 4. The van der Waals surface area contributed by atoms with Crippen molar-refractivity contribution in [2.75, 3.05) is 5.32 Å². The Balaban J connectivity index is 1.57. The summed E-state index contributed by atoms with van der Waals surface area (Å²) in [5.41, 5.74) is 2.56. The summed E-state index contributed by atoms with van der Waals surface area (Å²) in [6.45, 7) is 0.610. The maximum absolute atomic E-state index is 13.2. The molecule has 1 aliphatic rings. The van der Waals surface area contributed by atoms with Crippen LogP contribution in [0.5, 0.6) is 0 Å². The molecule has 0 saturated carbocycles. The van der Waals surface area contributed by atoms with E-state index < -0.39 is 0 Å². The highest BCUT2D eigenvalue weighted by Crippen LogP contribution is 2.33. The Bertz CT molecular complexity index is 1030. The van der Waals surface area contributed by atoms with Gasteiger partial charge in [0.15, 0.2) is 0 Å². The molecule has 0 fully saturated rings. The first-order valence-electron chi connectivity index (χ1n) is 8.59. The molecule has 0 aliphatic carbocycles. The lowest BCUT2D eigenvalue weighted by Crippen LogP contribution is -2.19. The Labute approximate surface area is 164 Å². The predicted molar refractivity (Wildman–Crippen MR) is 104 cm³/mol. The summed E-state index contributed by atoms with van der Waals surface area (Å²) < 4.78 is 15.6. The predicted octanol–water partition coefficient (Wildman–Crippen LogP) is 4.75. The first-order valence-corrected chi connectivity index (χ1v) is 9.39. The quantitative estimate of drug-likeness (QED) is 0.612. The third-order valence-corrected chi connectivity index (χ3v) is 5.44. The zero-order valence-electron chi connectivity index (χ0n) is 14.3. The first-order chi connectivity index (χ1) is 13.0. The fourth-order valence-corrected chi connectivity index (χ4v) is 3.91. The molecule has 27 heavy (non-hydrogen) atoms. The van der Waals surface area contributed by atoms with Crippen LogP contribution in [-0.4, -0.2) is 16.3 Å². The number of carbonyl (C=O) groups is 2. The Morgan fingerprint density at radius 3 is 2.59 bits per heavy atom. The normalized spacial score (nSPS) is 15.4. The highest BCUT2D eigenvalue weighted by Gasteiger charge is 2.32. The van der Waals surface area contributed by atoms with Crippen molar-refractivity contribution in [2.24, 2.45) is 0 Å². The summed E-state index contributed by atoms with van der Waals surface area (Å²) in [5.74, 6) is -0.944. The summed E-state index contributed by atoms with van der Waals surface area (Å²) in [7, 11) is 0. The zero-order valence-corrected chi connectivity index (χ0v) is 15.9. The molecule has 6 heteroatoms. The van der Waals surface area contributed by atoms with E-state index in [1.54, 1.807) is 18.2 Å². The maximum Gasteiger partial charge on any atom is 0.233 e. The third kappa shape index (κ3) is 3.32. The topological polar surface area (TPSA) is 51.1 Å². The number of halogens is 2. The molecule has 1 atom stereocenters. The SMILES string of the molecule is O=C(c1ccccc1)c1ccc2n1CCC2C(=O)Nc1ccc(F)cc1Br. The summed E-state index contributed by atoms with van der Waals surface area (Å²) in [5, 5.41) is 2.84. The van der Waals surface area contributed by atoms with Gasteiger partial charge < -0.3 is 9.88 Å². The molecular weight excluding hydrogens is 411 g/mol. The van der Waals surface area contributed by atoms with Crippen molar-refractivity contribution in [1.29, 1.82) is 0 Å². The van der Waals surface area contributed by atoms with Crippen LogP contribution in [0, 0.1) is 5.82 Å². The van der Waals surface area contributed by atoms with E-state index in [4.69, 9.17) is 0 Å². The van der Waals surface area contributed by atoms with Gasteiger partial charge in [0.1, 0.15) is 5.82 Å². The molecule has 3 aromatic rings. The van der Waals surface area contributed by atoms with Crippen molar-refractivity contribution in [3.05, 3.63) is 87.9 Å². The van der Waals surface area contributed by atoms with E-state index in [-0.39, 0.29) is 23.4 Å². The fourth-order valence-electron chi connectivity index (χ4n) is 3.46. The van der Waals surface area contributed by atoms with Crippen molar-refractivity contribution in [3.63, 3.8) is 0 Å². The van der Waals surface area contributed by atoms with Crippen LogP contribution in [0.2, 0.25) is 0 Å². The van der Waals surface area contributed by atoms with E-state index in [2.05, 4.69) is 21.2 Å². The van der Waals surface area contributed by atoms with Gasteiger partial charge in [-0.05, 0) is 52.7 Å². The molecule has 0 radical (unpaired) electrons. The Morgan fingerprint density at radius 1 is 1.07 bits per heavy atom. The minimum Gasteiger partial charge on any atom is -0.341 e. The Morgan fingerprint density at radius 2 is 1.85 bits per heavy atom. The van der Waals surface area contributed by atoms with E-state index in [0.29, 0.717) is 34.4 Å². The van der Waals surface area contributed by atoms with Gasteiger partial charge in [0.05, 0.1) is 17.3 Å². The van der Waals surface area contributed by atoms with E-state index in [1.807, 2.05) is 28.8 Å². The van der Waals surface area contributed by atoms with Crippen LogP contribution in [0.25, 0.3) is 0 Å². The molecule has 1 unspecified atom stereocenters. The smallest absolute Gasteiger partial charge is 0.233 e. The van der Waals surface area contributed by atoms with Gasteiger partial charge in [-0.25, -0.2) is 4.39 Å². The van der Waals surface area contributed by atoms with Gasteiger partial charge in [-0.2, -0.15) is 0 Å². The zero-order chi connectivity index (χ0) is 19.0. The highest BCUT2D eigenvalue weighted by atomic mass is 79.9. The molecular formula is C21H16BrFN2O2. The maximum atomic E-state index is 13.2. The van der Waals surface area contributed by atoms with Gasteiger partial charge in [0.25, 0.3) is 0 Å². The number of carbonyl (C=O) groups excluding carboxylic acids is 2. The first kappa shape index (κ1) is 17.7. The van der Waals surface area contributed by atoms with Crippen molar-refractivity contribution in [1.82, 2.24) is 4.57 Å². The van der Waals surface area contributed by atoms with E-state index in [9.17, 15) is 14.0 Å². The van der Waals surface area contributed by atoms with Gasteiger partial charge in [-0.15, -0.1) is 0 Å². The number of hydrogen-bond acceptors (Lipinski definition) is 2. The molecule has 1 aliphatic heterocycles. The summed E-state index contributed by atoms with van der Waals surface area (Å²) in [6, 6.07) is 16.8. The number of nitrogens with one attached hydrogen (secondary N) is 1. The minimum atomic E-state index is -0.376. The second-order valence-corrected chi connectivity index (χ2v) is 7.30. The number of anilines is 1. The number of benzene rings is 2. The van der Waals surface area contributed by atoms with Gasteiger partial charge in [0, 0.05) is 22.3 Å². The lowest BCUT2D eigenvalue weighted by Gasteiger charge is -2.12. The average molecular weight is 427 g/mol. The molecule has 4 rings (SSSR count). The van der Waals surface area contributed by atoms with Gasteiger partial charge >= 0.3 is 0 Å². The molecule has 1 amide bonds. The lowest BCUT2D eigenvalue weighted by molar-refractivity contribution is -0.117. The van der Waals surface area contributed by atoms with Crippen LogP contribution in [0.15, 0.2) is 65.1 Å². The van der Waals surface area contributed by atoms with Gasteiger partial charge in [-0.3, -0.25) is 9.59 Å². The summed E-state index contributed by atoms with van der Waals surface area (Å²) >= 11 is 3.26. The number of aromatic nitrogens is 1. The van der Waals surface area contributed by atoms with E-state index in [1.165, 1.54) is 18.2 Å². The number of hydrogen-bond donors (Lipinski definition) is 1. The summed E-state index contributed by atoms with van der Waals surface area (Å²) in [6.07, 6.45) is 0.621. The van der Waals surface area contributed by atoms with Crippen molar-refractivity contribution < 1.29 is 14.0 Å². The van der Waals surface area contributed by atoms with E-state index in [0.717, 1.165) is 5.69 Å². The second kappa shape index (κ2) is 7.12. The molecule has 0 saturated heterocycles. The molecule has 0 spiro atoms. The number of fused-ring (bicyclic) bond motifs is 1. The number of nitrogens with zero attached hydrogens (tertiary/aromatic N) is 1. The fraction of sp³-hybridized carbons (Fsp3) is 0.143. The lowest BCUT2D eigenvalue weighted by atomic mass is 10.0. The van der Waals surface area contributed by atoms with Crippen LogP contribution in [0.3, 0.4) is 0 Å². The van der Waals surface area contributed by atoms with Crippen molar-refractivity contribution in [3.8, 4) is 0 Å². The molecule has 2 heterocycles. The molecule has 0 bridgehead atoms.